The summed E-state index contributed by atoms with van der Waals surface area (Å²) in [5.74, 6) is 4.82. The fourth-order valence-electron chi connectivity index (χ4n) is 0.883. The second-order valence-corrected chi connectivity index (χ2v) is 2.58. The molecule has 0 bridgehead atoms. The molecule has 0 aliphatic heterocycles. The van der Waals surface area contributed by atoms with Gasteiger partial charge < -0.3 is 4.74 Å². The average Bonchev–Trinajstić information content (AvgIpc) is 2.10. The number of nitrogens with one attached hydrogen (secondary N) is 1. The molecular formula is C8H18N2O2. The van der Waals surface area contributed by atoms with Crippen LogP contribution in [0, 0.1) is 0 Å². The largest absolute Gasteiger partial charge is 0.382 e. The average molecular weight is 174 g/mol. The molecule has 72 valence electrons. The Morgan fingerprint density at radius 3 is 2.75 bits per heavy atom. The molecule has 1 amide bonds. The van der Waals surface area contributed by atoms with Gasteiger partial charge in [-0.05, 0) is 19.8 Å². The first kappa shape index (κ1) is 11.4. The van der Waals surface area contributed by atoms with Crippen LogP contribution in [0.4, 0.5) is 0 Å². The molecule has 4 nitrogen and oxygen atoms in total. The molecule has 0 saturated heterocycles. The molecule has 0 saturated carbocycles. The van der Waals surface area contributed by atoms with Crippen molar-refractivity contribution in [2.45, 2.75) is 32.6 Å². The highest BCUT2D eigenvalue weighted by Gasteiger charge is 1.96. The highest BCUT2D eigenvalue weighted by atomic mass is 16.5. The van der Waals surface area contributed by atoms with Gasteiger partial charge in [0.2, 0.25) is 5.91 Å². The van der Waals surface area contributed by atoms with Crippen molar-refractivity contribution in [2.75, 3.05) is 13.2 Å². The number of hydrogen-bond donors (Lipinski definition) is 2. The van der Waals surface area contributed by atoms with Gasteiger partial charge >= 0.3 is 0 Å². The van der Waals surface area contributed by atoms with Crippen molar-refractivity contribution in [3.63, 3.8) is 0 Å². The predicted octanol–water partition coefficient (Wildman–Crippen LogP) is 0.573. The van der Waals surface area contributed by atoms with Crippen LogP contribution in [0.2, 0.25) is 0 Å². The molecule has 0 aromatic heterocycles. The van der Waals surface area contributed by atoms with Crippen molar-refractivity contribution < 1.29 is 9.53 Å². The Morgan fingerprint density at radius 2 is 2.17 bits per heavy atom. The zero-order valence-electron chi connectivity index (χ0n) is 7.64. The first-order valence-corrected chi connectivity index (χ1v) is 4.38. The molecule has 0 heterocycles. The Bertz CT molecular complexity index is 118. The summed E-state index contributed by atoms with van der Waals surface area (Å²) in [5, 5.41) is 0. The van der Waals surface area contributed by atoms with Crippen LogP contribution >= 0.6 is 0 Å². The maximum atomic E-state index is 10.6. The Morgan fingerprint density at radius 1 is 1.42 bits per heavy atom. The number of nitrogens with two attached hydrogens (primary N) is 1. The summed E-state index contributed by atoms with van der Waals surface area (Å²) in [7, 11) is 0. The Balaban J connectivity index is 2.95. The molecule has 0 aromatic carbocycles. The van der Waals surface area contributed by atoms with Crippen molar-refractivity contribution in [3.8, 4) is 0 Å². The van der Waals surface area contributed by atoms with Crippen LogP contribution in [0.3, 0.4) is 0 Å². The van der Waals surface area contributed by atoms with E-state index in [4.69, 9.17) is 10.6 Å². The molecule has 3 N–H and O–H groups in total. The second kappa shape index (κ2) is 8.49. The van der Waals surface area contributed by atoms with E-state index in [9.17, 15) is 4.79 Å². The van der Waals surface area contributed by atoms with E-state index in [1.54, 1.807) is 0 Å². The minimum atomic E-state index is -0.0913. The van der Waals surface area contributed by atoms with Crippen LogP contribution in [-0.2, 0) is 9.53 Å². The van der Waals surface area contributed by atoms with Gasteiger partial charge in [-0.2, -0.15) is 0 Å². The third-order valence-electron chi connectivity index (χ3n) is 1.56. The smallest absolute Gasteiger partial charge is 0.233 e. The monoisotopic (exact) mass is 174 g/mol. The molecule has 0 aromatic rings. The van der Waals surface area contributed by atoms with Gasteiger partial charge in [0, 0.05) is 19.6 Å². The van der Waals surface area contributed by atoms with Gasteiger partial charge in [-0.15, -0.1) is 0 Å². The fraction of sp³-hybridized carbons (Fsp3) is 0.875. The lowest BCUT2D eigenvalue weighted by Crippen LogP contribution is -2.29. The van der Waals surface area contributed by atoms with Crippen LogP contribution in [-0.4, -0.2) is 19.1 Å². The minimum absolute atomic E-state index is 0.0913. The van der Waals surface area contributed by atoms with E-state index in [1.807, 2.05) is 6.92 Å². The van der Waals surface area contributed by atoms with Gasteiger partial charge in [0.15, 0.2) is 0 Å². The van der Waals surface area contributed by atoms with Crippen molar-refractivity contribution >= 4 is 5.91 Å². The van der Waals surface area contributed by atoms with Crippen LogP contribution in [0.1, 0.15) is 32.6 Å². The van der Waals surface area contributed by atoms with E-state index < -0.39 is 0 Å². The standard InChI is InChI=1S/C8H18N2O2/c1-2-12-7-5-3-4-6-8(11)10-9/h2-7,9H2,1H3,(H,10,11). The third kappa shape index (κ3) is 7.50. The van der Waals surface area contributed by atoms with E-state index in [2.05, 4.69) is 5.43 Å². The summed E-state index contributed by atoms with van der Waals surface area (Å²) in [5.41, 5.74) is 2.10. The molecule has 0 aliphatic carbocycles. The normalized spacial score (nSPS) is 9.83. The van der Waals surface area contributed by atoms with E-state index in [0.717, 1.165) is 32.5 Å². The van der Waals surface area contributed by atoms with E-state index in [1.165, 1.54) is 0 Å². The number of rotatable bonds is 7. The summed E-state index contributed by atoms with van der Waals surface area (Å²) in [4.78, 5) is 10.6. The van der Waals surface area contributed by atoms with Crippen molar-refractivity contribution in [3.05, 3.63) is 0 Å². The molecular weight excluding hydrogens is 156 g/mol. The molecule has 0 unspecified atom stereocenters. The number of carbonyl (C=O) groups is 1. The van der Waals surface area contributed by atoms with Gasteiger partial charge in [-0.25, -0.2) is 5.84 Å². The lowest BCUT2D eigenvalue weighted by atomic mass is 10.2. The van der Waals surface area contributed by atoms with E-state index in [0.29, 0.717) is 6.42 Å². The topological polar surface area (TPSA) is 64.3 Å². The highest BCUT2D eigenvalue weighted by molar-refractivity contribution is 5.74. The highest BCUT2D eigenvalue weighted by Crippen LogP contribution is 1.99. The molecule has 0 atom stereocenters. The summed E-state index contributed by atoms with van der Waals surface area (Å²) in [6.45, 7) is 3.53. The number of carbonyl (C=O) groups excluding carboxylic acids is 1. The predicted molar refractivity (Wildman–Crippen MR) is 47.3 cm³/mol. The zero-order chi connectivity index (χ0) is 9.23. The molecule has 4 heteroatoms. The number of hydrogen-bond acceptors (Lipinski definition) is 3. The van der Waals surface area contributed by atoms with Crippen molar-refractivity contribution in [1.29, 1.82) is 0 Å². The minimum Gasteiger partial charge on any atom is -0.382 e. The van der Waals surface area contributed by atoms with Crippen LogP contribution in [0.25, 0.3) is 0 Å². The van der Waals surface area contributed by atoms with E-state index in [-0.39, 0.29) is 5.91 Å². The Kier molecular flexibility index (Phi) is 8.05. The lowest BCUT2D eigenvalue weighted by molar-refractivity contribution is -0.121. The number of hydrazine groups is 1. The summed E-state index contributed by atoms with van der Waals surface area (Å²) < 4.78 is 5.14. The summed E-state index contributed by atoms with van der Waals surface area (Å²) in [6.07, 6.45) is 3.44. The Labute approximate surface area is 73.4 Å². The molecule has 0 spiro atoms. The van der Waals surface area contributed by atoms with Gasteiger partial charge in [0.05, 0.1) is 0 Å². The SMILES string of the molecule is CCOCCCCCC(=O)NN. The molecule has 0 aliphatic rings. The maximum Gasteiger partial charge on any atom is 0.233 e. The third-order valence-corrected chi connectivity index (χ3v) is 1.56. The second-order valence-electron chi connectivity index (χ2n) is 2.58. The summed E-state index contributed by atoms with van der Waals surface area (Å²) >= 11 is 0. The fourth-order valence-corrected chi connectivity index (χ4v) is 0.883. The zero-order valence-corrected chi connectivity index (χ0v) is 7.64. The first-order chi connectivity index (χ1) is 5.81. The van der Waals surface area contributed by atoms with Crippen LogP contribution < -0.4 is 11.3 Å². The van der Waals surface area contributed by atoms with Crippen molar-refractivity contribution in [1.82, 2.24) is 5.43 Å². The molecule has 0 rings (SSSR count). The van der Waals surface area contributed by atoms with Crippen molar-refractivity contribution in [2.24, 2.45) is 5.84 Å². The number of ether oxygens (including phenoxy) is 1. The molecule has 0 fully saturated rings. The van der Waals surface area contributed by atoms with Gasteiger partial charge in [0.25, 0.3) is 0 Å². The summed E-state index contributed by atoms with van der Waals surface area (Å²) in [6, 6.07) is 0. The van der Waals surface area contributed by atoms with Crippen LogP contribution in [0.15, 0.2) is 0 Å². The molecule has 0 radical (unpaired) electrons. The maximum absolute atomic E-state index is 10.6. The lowest BCUT2D eigenvalue weighted by Gasteiger charge is -2.00. The quantitative estimate of drug-likeness (QED) is 0.257. The number of amides is 1. The first-order valence-electron chi connectivity index (χ1n) is 4.38. The van der Waals surface area contributed by atoms with Crippen LogP contribution in [0.5, 0.6) is 0 Å². The van der Waals surface area contributed by atoms with Gasteiger partial charge in [-0.1, -0.05) is 6.42 Å². The van der Waals surface area contributed by atoms with E-state index >= 15 is 0 Å². The van der Waals surface area contributed by atoms with Gasteiger partial charge in [-0.3, -0.25) is 10.2 Å². The number of unbranched alkanes of at least 4 members (excludes halogenated alkanes) is 2. The Hall–Kier alpha value is -0.610. The van der Waals surface area contributed by atoms with Gasteiger partial charge in [0.1, 0.15) is 0 Å². The molecule has 12 heavy (non-hydrogen) atoms.